The van der Waals surface area contributed by atoms with E-state index in [4.69, 9.17) is 4.74 Å². The highest BCUT2D eigenvalue weighted by molar-refractivity contribution is 9.10. The van der Waals surface area contributed by atoms with Gasteiger partial charge in [0.25, 0.3) is 11.4 Å². The third kappa shape index (κ3) is 4.55. The summed E-state index contributed by atoms with van der Waals surface area (Å²) < 4.78 is 32.2. The number of rotatable bonds is 6. The number of hydrogen-bond donors (Lipinski definition) is 0. The molecule has 132 valence electrons. The molecule has 2 aromatic carbocycles. The Bertz CT molecular complexity index is 794. The highest BCUT2D eigenvalue weighted by Gasteiger charge is 2.20. The molecular weight excluding hydrogens is 474 g/mol. The number of benzene rings is 2. The monoisotopic (exact) mass is 480 g/mol. The molecule has 0 spiro atoms. The van der Waals surface area contributed by atoms with Crippen molar-refractivity contribution >= 4 is 43.2 Å². The van der Waals surface area contributed by atoms with Crippen LogP contribution in [0.1, 0.15) is 11.1 Å². The molecule has 0 saturated heterocycles. The number of halogens is 4. The average Bonchev–Trinajstić information content (AvgIpc) is 2.53. The van der Waals surface area contributed by atoms with E-state index in [2.05, 4.69) is 31.9 Å². The summed E-state index contributed by atoms with van der Waals surface area (Å²) in [5, 5.41) is 21.9. The van der Waals surface area contributed by atoms with Crippen LogP contribution in [0.25, 0.3) is 0 Å². The first-order chi connectivity index (χ1) is 11.7. The van der Waals surface area contributed by atoms with Crippen LogP contribution in [0.4, 0.5) is 20.2 Å². The average molecular weight is 482 g/mol. The van der Waals surface area contributed by atoms with Crippen LogP contribution in [0, 0.1) is 31.9 Å². The topological polar surface area (TPSA) is 95.5 Å². The lowest BCUT2D eigenvalue weighted by molar-refractivity contribution is -0.386. The van der Waals surface area contributed by atoms with Crippen LogP contribution < -0.4 is 0 Å². The molecule has 7 nitrogen and oxygen atoms in total. The van der Waals surface area contributed by atoms with Crippen LogP contribution in [-0.2, 0) is 18.0 Å². The zero-order valence-electron chi connectivity index (χ0n) is 12.2. The van der Waals surface area contributed by atoms with Crippen molar-refractivity contribution in [3.05, 3.63) is 76.2 Å². The fourth-order valence-electron chi connectivity index (χ4n) is 2.00. The maximum absolute atomic E-state index is 13.4. The number of ether oxygens (including phenoxy) is 1. The van der Waals surface area contributed by atoms with E-state index in [1.165, 1.54) is 12.1 Å². The molecule has 0 fully saturated rings. The summed E-state index contributed by atoms with van der Waals surface area (Å²) in [5.41, 5.74) is -0.782. The largest absolute Gasteiger partial charge is 0.372 e. The zero-order valence-corrected chi connectivity index (χ0v) is 15.3. The van der Waals surface area contributed by atoms with Gasteiger partial charge in [-0.25, -0.2) is 8.78 Å². The van der Waals surface area contributed by atoms with Crippen LogP contribution in [0.15, 0.2) is 33.2 Å². The molecule has 0 saturated carbocycles. The van der Waals surface area contributed by atoms with E-state index >= 15 is 0 Å². The second-order valence-corrected chi connectivity index (χ2v) is 6.51. The molecule has 11 heteroatoms. The highest BCUT2D eigenvalue weighted by atomic mass is 79.9. The molecule has 0 heterocycles. The van der Waals surface area contributed by atoms with Gasteiger partial charge in [0.2, 0.25) is 0 Å². The predicted octanol–water partition coefficient (Wildman–Crippen LogP) is 5.02. The van der Waals surface area contributed by atoms with Crippen LogP contribution in [-0.4, -0.2) is 9.85 Å². The molecule has 2 aromatic rings. The lowest BCUT2D eigenvalue weighted by Gasteiger charge is -2.08. The Balaban J connectivity index is 2.22. The molecule has 0 aliphatic heterocycles. The first kappa shape index (κ1) is 19.3. The molecule has 25 heavy (non-hydrogen) atoms. The van der Waals surface area contributed by atoms with Gasteiger partial charge in [-0.15, -0.1) is 0 Å². The molecule has 0 atom stereocenters. The number of nitrogens with zero attached hydrogens (tertiary/aromatic N) is 2. The van der Waals surface area contributed by atoms with Gasteiger partial charge in [0.1, 0.15) is 11.6 Å². The fraction of sp³-hybridized carbons (Fsp3) is 0.143. The van der Waals surface area contributed by atoms with Gasteiger partial charge in [0.05, 0.1) is 55.3 Å². The highest BCUT2D eigenvalue weighted by Crippen LogP contribution is 2.29. The van der Waals surface area contributed by atoms with E-state index in [-0.39, 0.29) is 33.3 Å². The Morgan fingerprint density at radius 2 is 1.20 bits per heavy atom. The normalized spacial score (nSPS) is 10.7. The lowest BCUT2D eigenvalue weighted by Crippen LogP contribution is -2.03. The number of hydrogen-bond acceptors (Lipinski definition) is 5. The maximum Gasteiger partial charge on any atom is 0.277 e. The van der Waals surface area contributed by atoms with Crippen LogP contribution >= 0.6 is 31.9 Å². The Morgan fingerprint density at radius 3 is 1.52 bits per heavy atom. The van der Waals surface area contributed by atoms with Crippen molar-refractivity contribution in [3.63, 3.8) is 0 Å². The Hall–Kier alpha value is -1.98. The van der Waals surface area contributed by atoms with Gasteiger partial charge in [-0.1, -0.05) is 0 Å². The van der Waals surface area contributed by atoms with Gasteiger partial charge in [-0.05, 0) is 44.0 Å². The standard InChI is InChI=1S/C14H8Br2F2N2O5/c15-9-1-7(13(19(21)22)3-11(9)17)5-25-6-8-2-10(16)12(18)4-14(8)20(23)24/h1-4H,5-6H2. The molecular formula is C14H8Br2F2N2O5. The quantitative estimate of drug-likeness (QED) is 0.426. The minimum Gasteiger partial charge on any atom is -0.372 e. The first-order valence-corrected chi connectivity index (χ1v) is 8.11. The number of nitro groups is 2. The Kier molecular flexibility index (Phi) is 6.14. The minimum absolute atomic E-state index is 0.0206. The van der Waals surface area contributed by atoms with Crippen LogP contribution in [0.3, 0.4) is 0 Å². The third-order valence-electron chi connectivity index (χ3n) is 3.15. The summed E-state index contributed by atoms with van der Waals surface area (Å²) in [6.45, 7) is -0.581. The predicted molar refractivity (Wildman–Crippen MR) is 90.0 cm³/mol. The fourth-order valence-corrected chi connectivity index (χ4v) is 2.78. The second kappa shape index (κ2) is 7.93. The summed E-state index contributed by atoms with van der Waals surface area (Å²) in [6.07, 6.45) is 0. The summed E-state index contributed by atoms with van der Waals surface area (Å²) in [5.74, 6) is -1.60. The van der Waals surface area contributed by atoms with Gasteiger partial charge in [0, 0.05) is 0 Å². The van der Waals surface area contributed by atoms with E-state index in [9.17, 15) is 29.0 Å². The molecule has 0 aromatic heterocycles. The molecule has 0 aliphatic carbocycles. The molecule has 0 amide bonds. The summed E-state index contributed by atoms with van der Waals surface area (Å²) in [7, 11) is 0. The molecule has 2 rings (SSSR count). The van der Waals surface area contributed by atoms with Crippen molar-refractivity contribution in [1.82, 2.24) is 0 Å². The van der Waals surface area contributed by atoms with Crippen molar-refractivity contribution in [3.8, 4) is 0 Å². The zero-order chi connectivity index (χ0) is 18.7. The maximum atomic E-state index is 13.4. The van der Waals surface area contributed by atoms with Gasteiger partial charge < -0.3 is 4.74 Å². The van der Waals surface area contributed by atoms with Gasteiger partial charge in [-0.3, -0.25) is 20.2 Å². The molecule has 0 aliphatic rings. The van der Waals surface area contributed by atoms with E-state index < -0.39 is 32.9 Å². The van der Waals surface area contributed by atoms with Crippen molar-refractivity contribution in [2.75, 3.05) is 0 Å². The second-order valence-electron chi connectivity index (χ2n) is 4.80. The third-order valence-corrected chi connectivity index (χ3v) is 4.37. The minimum atomic E-state index is -0.798. The first-order valence-electron chi connectivity index (χ1n) is 6.53. The van der Waals surface area contributed by atoms with Crippen molar-refractivity contribution in [2.24, 2.45) is 0 Å². The summed E-state index contributed by atoms with van der Waals surface area (Å²) in [4.78, 5) is 20.4. The molecule has 0 bridgehead atoms. The van der Waals surface area contributed by atoms with E-state index in [0.29, 0.717) is 0 Å². The summed E-state index contributed by atoms with van der Waals surface area (Å²) in [6, 6.07) is 3.89. The molecule has 0 unspecified atom stereocenters. The van der Waals surface area contributed by atoms with Gasteiger partial charge in [0.15, 0.2) is 0 Å². The van der Waals surface area contributed by atoms with E-state index in [1.807, 2.05) is 0 Å². The van der Waals surface area contributed by atoms with Crippen molar-refractivity contribution < 1.29 is 23.4 Å². The molecule has 0 radical (unpaired) electrons. The van der Waals surface area contributed by atoms with Crippen molar-refractivity contribution in [1.29, 1.82) is 0 Å². The SMILES string of the molecule is O=[N+]([O-])c1cc(F)c(Br)cc1COCc1cc(Br)c(F)cc1[N+](=O)[O-]. The summed E-state index contributed by atoms with van der Waals surface area (Å²) >= 11 is 5.85. The Labute approximate surface area is 156 Å². The van der Waals surface area contributed by atoms with Gasteiger partial charge >= 0.3 is 0 Å². The van der Waals surface area contributed by atoms with E-state index in [1.54, 1.807) is 0 Å². The van der Waals surface area contributed by atoms with Crippen LogP contribution in [0.2, 0.25) is 0 Å². The van der Waals surface area contributed by atoms with Gasteiger partial charge in [-0.2, -0.15) is 0 Å². The van der Waals surface area contributed by atoms with Crippen LogP contribution in [0.5, 0.6) is 0 Å². The Morgan fingerprint density at radius 1 is 0.840 bits per heavy atom. The lowest BCUT2D eigenvalue weighted by atomic mass is 10.1. The molecule has 0 N–H and O–H groups in total. The smallest absolute Gasteiger partial charge is 0.277 e. The van der Waals surface area contributed by atoms with Crippen molar-refractivity contribution in [2.45, 2.75) is 13.2 Å². The van der Waals surface area contributed by atoms with E-state index in [0.717, 1.165) is 12.1 Å². The number of nitro benzene ring substituents is 2.